The van der Waals surface area contributed by atoms with Crippen LogP contribution in [0.25, 0.3) is 0 Å². The Morgan fingerprint density at radius 1 is 0.808 bits per heavy atom. The van der Waals surface area contributed by atoms with Crippen LogP contribution >= 0.6 is 0 Å². The second-order valence-corrected chi connectivity index (χ2v) is 6.72. The van der Waals surface area contributed by atoms with Crippen molar-refractivity contribution >= 4 is 11.6 Å². The second-order valence-electron chi connectivity index (χ2n) is 6.72. The van der Waals surface area contributed by atoms with Crippen molar-refractivity contribution in [2.24, 2.45) is 0 Å². The number of hydrogen-bond donors (Lipinski definition) is 1. The summed E-state index contributed by atoms with van der Waals surface area (Å²) in [5.41, 5.74) is 3.13. The standard InChI is InChI=1S/C23H23NO2/c1-23(2,18-9-5-3-6-10-18)19-13-15-21(16-14-19)26-17-22(25)24-20-11-7-4-8-12-20/h3-16H,17H2,1-2H3,(H,24,25). The SMILES string of the molecule is CC(C)(c1ccccc1)c1ccc(OCC(=O)Nc2ccccc2)cc1. The van der Waals surface area contributed by atoms with Crippen LogP contribution in [0.4, 0.5) is 5.69 Å². The smallest absolute Gasteiger partial charge is 0.262 e. The summed E-state index contributed by atoms with van der Waals surface area (Å²) >= 11 is 0. The molecule has 0 atom stereocenters. The maximum Gasteiger partial charge on any atom is 0.262 e. The molecule has 0 fully saturated rings. The van der Waals surface area contributed by atoms with Crippen molar-refractivity contribution in [1.82, 2.24) is 0 Å². The molecule has 1 amide bonds. The molecule has 3 aromatic rings. The number of hydrogen-bond acceptors (Lipinski definition) is 2. The van der Waals surface area contributed by atoms with Gasteiger partial charge in [-0.2, -0.15) is 0 Å². The topological polar surface area (TPSA) is 38.3 Å². The number of carbonyl (C=O) groups excluding carboxylic acids is 1. The molecule has 0 bridgehead atoms. The van der Waals surface area contributed by atoms with E-state index >= 15 is 0 Å². The average Bonchev–Trinajstić information content (AvgIpc) is 2.68. The van der Waals surface area contributed by atoms with Crippen molar-refractivity contribution in [3.8, 4) is 5.75 Å². The molecular formula is C23H23NO2. The molecule has 0 saturated carbocycles. The Labute approximate surface area is 154 Å². The van der Waals surface area contributed by atoms with Crippen molar-refractivity contribution < 1.29 is 9.53 Å². The number of benzene rings is 3. The fourth-order valence-corrected chi connectivity index (χ4v) is 2.86. The Hall–Kier alpha value is -3.07. The van der Waals surface area contributed by atoms with Crippen molar-refractivity contribution in [1.29, 1.82) is 0 Å². The first-order valence-electron chi connectivity index (χ1n) is 8.69. The predicted octanol–water partition coefficient (Wildman–Crippen LogP) is 5.03. The minimum Gasteiger partial charge on any atom is -0.484 e. The molecule has 0 saturated heterocycles. The average molecular weight is 345 g/mol. The molecule has 3 rings (SSSR count). The summed E-state index contributed by atoms with van der Waals surface area (Å²) in [5.74, 6) is 0.505. The van der Waals surface area contributed by atoms with Crippen LogP contribution in [0.1, 0.15) is 25.0 Å². The third kappa shape index (κ3) is 4.31. The number of ether oxygens (including phenoxy) is 1. The van der Waals surface area contributed by atoms with Gasteiger partial charge in [0.05, 0.1) is 0 Å². The van der Waals surface area contributed by atoms with Gasteiger partial charge in [-0.05, 0) is 35.4 Å². The molecule has 0 aliphatic carbocycles. The minimum atomic E-state index is -0.176. The summed E-state index contributed by atoms with van der Waals surface area (Å²) in [6, 6.07) is 27.7. The van der Waals surface area contributed by atoms with Crippen LogP contribution < -0.4 is 10.1 Å². The lowest BCUT2D eigenvalue weighted by Gasteiger charge is -2.26. The molecule has 0 radical (unpaired) electrons. The van der Waals surface area contributed by atoms with E-state index in [0.717, 1.165) is 5.69 Å². The fourth-order valence-electron chi connectivity index (χ4n) is 2.86. The summed E-state index contributed by atoms with van der Waals surface area (Å²) in [7, 11) is 0. The molecule has 132 valence electrons. The molecular weight excluding hydrogens is 322 g/mol. The highest BCUT2D eigenvalue weighted by Crippen LogP contribution is 2.32. The van der Waals surface area contributed by atoms with E-state index in [1.54, 1.807) is 0 Å². The largest absolute Gasteiger partial charge is 0.484 e. The van der Waals surface area contributed by atoms with Crippen LogP contribution in [-0.4, -0.2) is 12.5 Å². The first kappa shape index (κ1) is 17.7. The summed E-state index contributed by atoms with van der Waals surface area (Å²) in [6.07, 6.45) is 0. The normalized spacial score (nSPS) is 11.0. The summed E-state index contributed by atoms with van der Waals surface area (Å²) in [4.78, 5) is 12.0. The predicted molar refractivity (Wildman–Crippen MR) is 106 cm³/mol. The number of anilines is 1. The van der Waals surface area contributed by atoms with Gasteiger partial charge < -0.3 is 10.1 Å². The van der Waals surface area contributed by atoms with Gasteiger partial charge in [-0.25, -0.2) is 0 Å². The number of rotatable bonds is 6. The van der Waals surface area contributed by atoms with Gasteiger partial charge in [0.25, 0.3) is 5.91 Å². The Kier molecular flexibility index (Phi) is 5.37. The maximum atomic E-state index is 12.0. The first-order chi connectivity index (χ1) is 12.6. The Bertz CT molecular complexity index is 840. The van der Waals surface area contributed by atoms with Crippen LogP contribution in [0.15, 0.2) is 84.9 Å². The van der Waals surface area contributed by atoms with E-state index in [1.807, 2.05) is 48.5 Å². The Morgan fingerprint density at radius 2 is 1.35 bits per heavy atom. The molecule has 0 aromatic heterocycles. The van der Waals surface area contributed by atoms with Crippen molar-refractivity contribution in [2.75, 3.05) is 11.9 Å². The molecule has 3 heteroatoms. The molecule has 0 unspecified atom stereocenters. The van der Waals surface area contributed by atoms with Crippen molar-refractivity contribution in [2.45, 2.75) is 19.3 Å². The molecule has 26 heavy (non-hydrogen) atoms. The summed E-state index contributed by atoms with van der Waals surface area (Å²) in [6.45, 7) is 4.38. The van der Waals surface area contributed by atoms with E-state index in [0.29, 0.717) is 5.75 Å². The highest BCUT2D eigenvalue weighted by atomic mass is 16.5. The summed E-state index contributed by atoms with van der Waals surface area (Å²) < 4.78 is 5.60. The van der Waals surface area contributed by atoms with E-state index in [4.69, 9.17) is 4.74 Å². The fraction of sp³-hybridized carbons (Fsp3) is 0.174. The van der Waals surface area contributed by atoms with Crippen LogP contribution in [0.3, 0.4) is 0 Å². The highest BCUT2D eigenvalue weighted by molar-refractivity contribution is 5.91. The van der Waals surface area contributed by atoms with E-state index in [-0.39, 0.29) is 17.9 Å². The van der Waals surface area contributed by atoms with Gasteiger partial charge in [0.15, 0.2) is 6.61 Å². The number of amides is 1. The maximum absolute atomic E-state index is 12.0. The first-order valence-corrected chi connectivity index (χ1v) is 8.69. The van der Waals surface area contributed by atoms with Gasteiger partial charge in [0.1, 0.15) is 5.75 Å². The number of carbonyl (C=O) groups is 1. The Morgan fingerprint density at radius 3 is 1.96 bits per heavy atom. The molecule has 0 heterocycles. The molecule has 3 nitrogen and oxygen atoms in total. The van der Waals surface area contributed by atoms with Crippen molar-refractivity contribution in [3.63, 3.8) is 0 Å². The van der Waals surface area contributed by atoms with Gasteiger partial charge in [-0.15, -0.1) is 0 Å². The Balaban J connectivity index is 1.60. The van der Waals surface area contributed by atoms with Crippen molar-refractivity contribution in [3.05, 3.63) is 96.1 Å². The van der Waals surface area contributed by atoms with Gasteiger partial charge in [0.2, 0.25) is 0 Å². The lowest BCUT2D eigenvalue weighted by molar-refractivity contribution is -0.118. The highest BCUT2D eigenvalue weighted by Gasteiger charge is 2.22. The van der Waals surface area contributed by atoms with Crippen LogP contribution in [0, 0.1) is 0 Å². The molecule has 3 aromatic carbocycles. The van der Waals surface area contributed by atoms with Crippen LogP contribution in [0.2, 0.25) is 0 Å². The number of para-hydroxylation sites is 1. The zero-order valence-electron chi connectivity index (χ0n) is 15.1. The zero-order valence-corrected chi connectivity index (χ0v) is 15.1. The molecule has 0 spiro atoms. The van der Waals surface area contributed by atoms with Crippen LogP contribution in [-0.2, 0) is 10.2 Å². The van der Waals surface area contributed by atoms with E-state index < -0.39 is 0 Å². The summed E-state index contributed by atoms with van der Waals surface area (Å²) in [5, 5.41) is 2.81. The van der Waals surface area contributed by atoms with E-state index in [1.165, 1.54) is 11.1 Å². The lowest BCUT2D eigenvalue weighted by Crippen LogP contribution is -2.20. The zero-order chi connectivity index (χ0) is 18.4. The third-order valence-corrected chi connectivity index (χ3v) is 4.50. The van der Waals surface area contributed by atoms with E-state index in [2.05, 4.69) is 55.6 Å². The molecule has 0 aliphatic heterocycles. The number of nitrogens with one attached hydrogen (secondary N) is 1. The third-order valence-electron chi connectivity index (χ3n) is 4.50. The quantitative estimate of drug-likeness (QED) is 0.680. The monoisotopic (exact) mass is 345 g/mol. The van der Waals surface area contributed by atoms with E-state index in [9.17, 15) is 4.79 Å². The molecule has 0 aliphatic rings. The van der Waals surface area contributed by atoms with Gasteiger partial charge in [0, 0.05) is 11.1 Å². The second kappa shape index (κ2) is 7.87. The van der Waals surface area contributed by atoms with Crippen LogP contribution in [0.5, 0.6) is 5.75 Å². The lowest BCUT2D eigenvalue weighted by atomic mass is 9.78. The van der Waals surface area contributed by atoms with Gasteiger partial charge >= 0.3 is 0 Å². The molecule has 1 N–H and O–H groups in total. The van der Waals surface area contributed by atoms with Gasteiger partial charge in [-0.1, -0.05) is 74.5 Å². The minimum absolute atomic E-state index is 0.0175. The van der Waals surface area contributed by atoms with Gasteiger partial charge in [-0.3, -0.25) is 4.79 Å².